The number of aryl methyl sites for hydroxylation is 1. The van der Waals surface area contributed by atoms with Crippen molar-refractivity contribution in [1.29, 1.82) is 0 Å². The number of hydrogen-bond donors (Lipinski definition) is 1. The second-order valence-corrected chi connectivity index (χ2v) is 5.29. The molecule has 0 aliphatic heterocycles. The third-order valence-electron chi connectivity index (χ3n) is 2.00. The minimum absolute atomic E-state index is 0.314. The number of imidazole rings is 1. The summed E-state index contributed by atoms with van der Waals surface area (Å²) in [5, 5.41) is 0. The first-order valence-electron chi connectivity index (χ1n) is 6.13. The Bertz CT molecular complexity index is 586. The summed E-state index contributed by atoms with van der Waals surface area (Å²) >= 11 is 0. The van der Waals surface area contributed by atoms with Crippen LogP contribution >= 0.6 is 0 Å². The first-order valence-corrected chi connectivity index (χ1v) is 8.02. The highest BCUT2D eigenvalue weighted by molar-refractivity contribution is 7.90. The minimum atomic E-state index is -3.13. The van der Waals surface area contributed by atoms with Gasteiger partial charge in [0, 0.05) is 6.26 Å². The molecule has 0 spiro atoms. The number of sulfone groups is 1. The lowest BCUT2D eigenvalue weighted by Gasteiger charge is -1.96. The van der Waals surface area contributed by atoms with Crippen molar-refractivity contribution in [3.05, 3.63) is 24.0 Å². The Morgan fingerprint density at radius 3 is 2.17 bits per heavy atom. The number of aromatic nitrogens is 2. The molecule has 0 bridgehead atoms. The Morgan fingerprint density at radius 2 is 1.67 bits per heavy atom. The molecule has 1 heterocycles. The quantitative estimate of drug-likeness (QED) is 0.864. The van der Waals surface area contributed by atoms with E-state index in [0.29, 0.717) is 4.90 Å². The molecule has 0 amide bonds. The Balaban J connectivity index is 0.000000659. The minimum Gasteiger partial charge on any atom is -0.342 e. The zero-order valence-corrected chi connectivity index (χ0v) is 12.7. The molecule has 0 unspecified atom stereocenters. The molecular formula is C13H22N2O2S. The molecule has 1 aromatic carbocycles. The van der Waals surface area contributed by atoms with Gasteiger partial charge in [0.25, 0.3) is 0 Å². The van der Waals surface area contributed by atoms with E-state index in [1.807, 2.05) is 34.6 Å². The molecule has 102 valence electrons. The number of benzene rings is 1. The van der Waals surface area contributed by atoms with Crippen LogP contribution in [0.15, 0.2) is 23.1 Å². The molecule has 1 aromatic heterocycles. The zero-order valence-electron chi connectivity index (χ0n) is 11.9. The molecule has 2 rings (SSSR count). The van der Waals surface area contributed by atoms with E-state index in [1.165, 1.54) is 6.26 Å². The largest absolute Gasteiger partial charge is 0.342 e. The summed E-state index contributed by atoms with van der Waals surface area (Å²) in [4.78, 5) is 7.49. The van der Waals surface area contributed by atoms with Gasteiger partial charge in [-0.2, -0.15) is 0 Å². The standard InChI is InChI=1S/C9H10N2O2S.2C2H6/c1-6-10-8-4-3-7(14(2,12)13)5-9(8)11-6;2*1-2/h3-5H,1-2H3,(H,10,11);2*1-2H3. The van der Waals surface area contributed by atoms with Crippen molar-refractivity contribution in [2.45, 2.75) is 39.5 Å². The van der Waals surface area contributed by atoms with Crippen LogP contribution in [0.4, 0.5) is 0 Å². The molecule has 1 N–H and O–H groups in total. The van der Waals surface area contributed by atoms with Gasteiger partial charge in [-0.05, 0) is 25.1 Å². The van der Waals surface area contributed by atoms with Crippen LogP contribution in [-0.2, 0) is 9.84 Å². The highest BCUT2D eigenvalue weighted by Crippen LogP contribution is 2.16. The third kappa shape index (κ3) is 4.14. The van der Waals surface area contributed by atoms with Crippen LogP contribution < -0.4 is 0 Å². The normalized spacial score (nSPS) is 10.1. The number of aromatic amines is 1. The van der Waals surface area contributed by atoms with Crippen molar-refractivity contribution in [3.8, 4) is 0 Å². The topological polar surface area (TPSA) is 62.8 Å². The van der Waals surface area contributed by atoms with Crippen molar-refractivity contribution in [3.63, 3.8) is 0 Å². The van der Waals surface area contributed by atoms with Crippen molar-refractivity contribution < 1.29 is 8.42 Å². The van der Waals surface area contributed by atoms with Crippen molar-refractivity contribution in [1.82, 2.24) is 9.97 Å². The van der Waals surface area contributed by atoms with Gasteiger partial charge < -0.3 is 4.98 Å². The smallest absolute Gasteiger partial charge is 0.175 e. The van der Waals surface area contributed by atoms with E-state index in [2.05, 4.69) is 9.97 Å². The third-order valence-corrected chi connectivity index (χ3v) is 3.11. The van der Waals surface area contributed by atoms with Gasteiger partial charge in [0.15, 0.2) is 9.84 Å². The van der Waals surface area contributed by atoms with Crippen LogP contribution in [0.1, 0.15) is 33.5 Å². The molecule has 0 fully saturated rings. The van der Waals surface area contributed by atoms with Gasteiger partial charge in [-0.1, -0.05) is 27.7 Å². The summed E-state index contributed by atoms with van der Waals surface area (Å²) in [7, 11) is -3.13. The lowest BCUT2D eigenvalue weighted by molar-refractivity contribution is 0.602. The fourth-order valence-corrected chi connectivity index (χ4v) is 1.99. The predicted octanol–water partition coefficient (Wildman–Crippen LogP) is 3.33. The average Bonchev–Trinajstić information content (AvgIpc) is 2.72. The van der Waals surface area contributed by atoms with Crippen LogP contribution in [0.5, 0.6) is 0 Å². The molecule has 0 aliphatic carbocycles. The lowest BCUT2D eigenvalue weighted by Crippen LogP contribution is -1.96. The maximum Gasteiger partial charge on any atom is 0.175 e. The highest BCUT2D eigenvalue weighted by Gasteiger charge is 2.08. The van der Waals surface area contributed by atoms with Crippen molar-refractivity contribution in [2.75, 3.05) is 6.26 Å². The van der Waals surface area contributed by atoms with Gasteiger partial charge in [-0.25, -0.2) is 13.4 Å². The van der Waals surface area contributed by atoms with Gasteiger partial charge in [0.1, 0.15) is 5.82 Å². The average molecular weight is 270 g/mol. The molecular weight excluding hydrogens is 248 g/mol. The van der Waals surface area contributed by atoms with Crippen LogP contribution in [-0.4, -0.2) is 24.6 Å². The summed E-state index contributed by atoms with van der Waals surface area (Å²) in [6, 6.07) is 4.87. The first kappa shape index (κ1) is 16.6. The molecule has 0 radical (unpaired) electrons. The fourth-order valence-electron chi connectivity index (χ4n) is 1.35. The predicted molar refractivity (Wildman–Crippen MR) is 76.6 cm³/mol. The van der Waals surface area contributed by atoms with Crippen LogP contribution in [0, 0.1) is 6.92 Å². The summed E-state index contributed by atoms with van der Waals surface area (Å²) in [5.74, 6) is 0.783. The summed E-state index contributed by atoms with van der Waals surface area (Å²) in [5.41, 5.74) is 1.54. The van der Waals surface area contributed by atoms with Gasteiger partial charge in [0.2, 0.25) is 0 Å². The Kier molecular flexibility index (Phi) is 6.62. The summed E-state index contributed by atoms with van der Waals surface area (Å²) in [6.45, 7) is 9.83. The molecule has 2 aromatic rings. The van der Waals surface area contributed by atoms with Gasteiger partial charge >= 0.3 is 0 Å². The Labute approximate surface area is 109 Å². The zero-order chi connectivity index (χ0) is 14.3. The van der Waals surface area contributed by atoms with E-state index < -0.39 is 9.84 Å². The monoisotopic (exact) mass is 270 g/mol. The van der Waals surface area contributed by atoms with Crippen LogP contribution in [0.2, 0.25) is 0 Å². The molecule has 0 saturated heterocycles. The second kappa shape index (κ2) is 7.16. The Hall–Kier alpha value is -1.36. The van der Waals surface area contributed by atoms with Gasteiger partial charge in [-0.3, -0.25) is 0 Å². The van der Waals surface area contributed by atoms with Gasteiger partial charge in [-0.15, -0.1) is 0 Å². The number of nitrogens with zero attached hydrogens (tertiary/aromatic N) is 1. The Morgan fingerprint density at radius 1 is 1.11 bits per heavy atom. The maximum absolute atomic E-state index is 11.2. The molecule has 0 aliphatic rings. The molecule has 0 saturated carbocycles. The SMILES string of the molecule is CC.CC.Cc1nc2ccc(S(C)(=O)=O)cc2[nH]1. The van der Waals surface area contributed by atoms with Crippen molar-refractivity contribution in [2.24, 2.45) is 0 Å². The lowest BCUT2D eigenvalue weighted by atomic mass is 10.3. The number of nitrogens with one attached hydrogen (secondary N) is 1. The van der Waals surface area contributed by atoms with Crippen LogP contribution in [0.3, 0.4) is 0 Å². The first-order chi connectivity index (χ1) is 8.47. The molecule has 18 heavy (non-hydrogen) atoms. The molecule has 0 atom stereocenters. The summed E-state index contributed by atoms with van der Waals surface area (Å²) < 4.78 is 22.5. The summed E-state index contributed by atoms with van der Waals surface area (Å²) in [6.07, 6.45) is 1.19. The number of H-pyrrole nitrogens is 1. The maximum atomic E-state index is 11.2. The van der Waals surface area contributed by atoms with E-state index in [9.17, 15) is 8.42 Å². The number of rotatable bonds is 1. The van der Waals surface area contributed by atoms with Crippen molar-refractivity contribution >= 4 is 20.9 Å². The molecule has 4 nitrogen and oxygen atoms in total. The van der Waals surface area contributed by atoms with E-state index >= 15 is 0 Å². The highest BCUT2D eigenvalue weighted by atomic mass is 32.2. The fraction of sp³-hybridized carbons (Fsp3) is 0.462. The number of fused-ring (bicyclic) bond motifs is 1. The van der Waals surface area contributed by atoms with E-state index in [4.69, 9.17) is 0 Å². The molecule has 5 heteroatoms. The second-order valence-electron chi connectivity index (χ2n) is 3.27. The number of hydrogen-bond acceptors (Lipinski definition) is 3. The van der Waals surface area contributed by atoms with E-state index in [-0.39, 0.29) is 0 Å². The van der Waals surface area contributed by atoms with Crippen LogP contribution in [0.25, 0.3) is 11.0 Å². The van der Waals surface area contributed by atoms with E-state index in [0.717, 1.165) is 16.9 Å². The van der Waals surface area contributed by atoms with E-state index in [1.54, 1.807) is 18.2 Å². The van der Waals surface area contributed by atoms with Gasteiger partial charge in [0.05, 0.1) is 15.9 Å².